The van der Waals surface area contributed by atoms with Crippen LogP contribution in [0.3, 0.4) is 0 Å². The maximum atomic E-state index is 13.2. The minimum absolute atomic E-state index is 0.0607. The Hall–Kier alpha value is -1.62. The van der Waals surface area contributed by atoms with Crippen LogP contribution in [-0.2, 0) is 11.2 Å². The smallest absolute Gasteiger partial charge is 0.222 e. The van der Waals surface area contributed by atoms with Gasteiger partial charge in [0.25, 0.3) is 0 Å². The first kappa shape index (κ1) is 16.4. The van der Waals surface area contributed by atoms with E-state index in [9.17, 15) is 9.18 Å². The van der Waals surface area contributed by atoms with Crippen LogP contribution in [0.15, 0.2) is 18.2 Å². The average molecular weight is 282 g/mol. The van der Waals surface area contributed by atoms with Gasteiger partial charge in [0.05, 0.1) is 6.61 Å². The summed E-state index contributed by atoms with van der Waals surface area (Å²) in [6.07, 6.45) is 1.63. The lowest BCUT2D eigenvalue weighted by molar-refractivity contribution is -0.128. The number of halogens is 1. The Morgan fingerprint density at radius 2 is 2.15 bits per heavy atom. The predicted octanol–water partition coefficient (Wildman–Crippen LogP) is 1.96. The molecule has 0 aliphatic rings. The number of nitrogens with two attached hydrogens (primary N) is 1. The maximum absolute atomic E-state index is 13.2. The molecule has 0 radical (unpaired) electrons. The van der Waals surface area contributed by atoms with E-state index in [0.717, 1.165) is 5.56 Å². The molecule has 4 nitrogen and oxygen atoms in total. The van der Waals surface area contributed by atoms with Crippen LogP contribution in [0.5, 0.6) is 5.75 Å². The SMILES string of the molecule is CC(N)Cc1cc(F)ccc1OCCCC(=O)N(C)C. The monoisotopic (exact) mass is 282 g/mol. The van der Waals surface area contributed by atoms with E-state index in [1.165, 1.54) is 12.1 Å². The van der Waals surface area contributed by atoms with Crippen LogP contribution in [0.25, 0.3) is 0 Å². The number of benzene rings is 1. The van der Waals surface area contributed by atoms with E-state index >= 15 is 0 Å². The molecular weight excluding hydrogens is 259 g/mol. The topological polar surface area (TPSA) is 55.6 Å². The average Bonchev–Trinajstić information content (AvgIpc) is 2.35. The highest BCUT2D eigenvalue weighted by Crippen LogP contribution is 2.21. The maximum Gasteiger partial charge on any atom is 0.222 e. The van der Waals surface area contributed by atoms with Crippen molar-refractivity contribution in [1.29, 1.82) is 0 Å². The molecule has 2 N–H and O–H groups in total. The van der Waals surface area contributed by atoms with Gasteiger partial charge in [-0.05, 0) is 43.5 Å². The van der Waals surface area contributed by atoms with Crippen molar-refractivity contribution in [3.05, 3.63) is 29.6 Å². The van der Waals surface area contributed by atoms with Crippen LogP contribution >= 0.6 is 0 Å². The summed E-state index contributed by atoms with van der Waals surface area (Å²) in [6.45, 7) is 2.29. The lowest BCUT2D eigenvalue weighted by Crippen LogP contribution is -2.22. The van der Waals surface area contributed by atoms with Crippen molar-refractivity contribution < 1.29 is 13.9 Å². The second kappa shape index (κ2) is 7.85. The van der Waals surface area contributed by atoms with Crippen molar-refractivity contribution in [2.45, 2.75) is 32.2 Å². The molecule has 112 valence electrons. The lowest BCUT2D eigenvalue weighted by atomic mass is 10.1. The van der Waals surface area contributed by atoms with Crippen molar-refractivity contribution in [2.75, 3.05) is 20.7 Å². The van der Waals surface area contributed by atoms with Crippen LogP contribution in [0.2, 0.25) is 0 Å². The molecule has 0 fully saturated rings. The molecule has 0 aliphatic heterocycles. The standard InChI is InChI=1S/C15H23FN2O2/c1-11(17)9-12-10-13(16)6-7-14(12)20-8-4-5-15(19)18(2)3/h6-7,10-11H,4-5,8-9,17H2,1-3H3. The van der Waals surface area contributed by atoms with E-state index in [4.69, 9.17) is 10.5 Å². The zero-order valence-corrected chi connectivity index (χ0v) is 12.4. The van der Waals surface area contributed by atoms with Gasteiger partial charge in [-0.1, -0.05) is 0 Å². The summed E-state index contributed by atoms with van der Waals surface area (Å²) in [4.78, 5) is 13.0. The number of carbonyl (C=O) groups excluding carboxylic acids is 1. The van der Waals surface area contributed by atoms with Gasteiger partial charge in [0.15, 0.2) is 0 Å². The van der Waals surface area contributed by atoms with Gasteiger partial charge >= 0.3 is 0 Å². The van der Waals surface area contributed by atoms with Crippen molar-refractivity contribution in [3.8, 4) is 5.75 Å². The zero-order valence-electron chi connectivity index (χ0n) is 12.4. The fourth-order valence-electron chi connectivity index (χ4n) is 1.82. The third-order valence-electron chi connectivity index (χ3n) is 2.86. The number of rotatable bonds is 7. The molecule has 0 aliphatic carbocycles. The normalized spacial score (nSPS) is 12.1. The molecule has 1 aromatic carbocycles. The van der Waals surface area contributed by atoms with Crippen molar-refractivity contribution in [3.63, 3.8) is 0 Å². The molecule has 20 heavy (non-hydrogen) atoms. The second-order valence-electron chi connectivity index (χ2n) is 5.17. The molecule has 1 amide bonds. The van der Waals surface area contributed by atoms with Crippen LogP contribution in [-0.4, -0.2) is 37.6 Å². The Morgan fingerprint density at radius 1 is 1.45 bits per heavy atom. The molecule has 0 spiro atoms. The lowest BCUT2D eigenvalue weighted by Gasteiger charge is -2.14. The number of nitrogens with zero attached hydrogens (tertiary/aromatic N) is 1. The molecule has 0 aromatic heterocycles. The summed E-state index contributed by atoms with van der Waals surface area (Å²) in [5, 5.41) is 0. The number of ether oxygens (including phenoxy) is 1. The highest BCUT2D eigenvalue weighted by molar-refractivity contribution is 5.75. The van der Waals surface area contributed by atoms with Gasteiger partial charge in [-0.15, -0.1) is 0 Å². The van der Waals surface area contributed by atoms with Gasteiger partial charge in [-0.3, -0.25) is 4.79 Å². The van der Waals surface area contributed by atoms with Crippen LogP contribution in [0.1, 0.15) is 25.3 Å². The molecule has 5 heteroatoms. The fraction of sp³-hybridized carbons (Fsp3) is 0.533. The quantitative estimate of drug-likeness (QED) is 0.778. The second-order valence-corrected chi connectivity index (χ2v) is 5.17. The molecule has 0 saturated heterocycles. The predicted molar refractivity (Wildman–Crippen MR) is 77.2 cm³/mol. The van der Waals surface area contributed by atoms with Gasteiger partial charge in [-0.2, -0.15) is 0 Å². The first-order valence-electron chi connectivity index (χ1n) is 6.77. The molecule has 1 unspecified atom stereocenters. The summed E-state index contributed by atoms with van der Waals surface area (Å²) in [7, 11) is 3.45. The molecule has 1 rings (SSSR count). The van der Waals surface area contributed by atoms with Crippen molar-refractivity contribution >= 4 is 5.91 Å². The van der Waals surface area contributed by atoms with E-state index in [1.807, 2.05) is 6.92 Å². The van der Waals surface area contributed by atoms with Gasteiger partial charge in [0, 0.05) is 26.6 Å². The van der Waals surface area contributed by atoms with E-state index in [-0.39, 0.29) is 17.8 Å². The number of carbonyl (C=O) groups is 1. The van der Waals surface area contributed by atoms with Gasteiger partial charge in [0.1, 0.15) is 11.6 Å². The minimum Gasteiger partial charge on any atom is -0.493 e. The number of amides is 1. The fourth-order valence-corrected chi connectivity index (χ4v) is 1.82. The molecular formula is C15H23FN2O2. The van der Waals surface area contributed by atoms with E-state index in [1.54, 1.807) is 25.1 Å². The Bertz CT molecular complexity index is 447. The highest BCUT2D eigenvalue weighted by Gasteiger charge is 2.09. The largest absolute Gasteiger partial charge is 0.493 e. The van der Waals surface area contributed by atoms with Crippen molar-refractivity contribution in [1.82, 2.24) is 4.90 Å². The molecule has 0 saturated carbocycles. The summed E-state index contributed by atoms with van der Waals surface area (Å²) in [6, 6.07) is 4.37. The first-order chi connectivity index (χ1) is 9.40. The van der Waals surface area contributed by atoms with Crippen LogP contribution < -0.4 is 10.5 Å². The van der Waals surface area contributed by atoms with Crippen LogP contribution in [0.4, 0.5) is 4.39 Å². The van der Waals surface area contributed by atoms with Gasteiger partial charge in [-0.25, -0.2) is 4.39 Å². The van der Waals surface area contributed by atoms with Gasteiger partial charge in [0.2, 0.25) is 5.91 Å². The highest BCUT2D eigenvalue weighted by atomic mass is 19.1. The summed E-state index contributed by atoms with van der Waals surface area (Å²) in [5.41, 5.74) is 6.51. The molecule has 1 atom stereocenters. The summed E-state index contributed by atoms with van der Waals surface area (Å²) >= 11 is 0. The Labute approximate surface area is 119 Å². The van der Waals surface area contributed by atoms with E-state index < -0.39 is 0 Å². The third kappa shape index (κ3) is 5.57. The Balaban J connectivity index is 2.52. The van der Waals surface area contributed by atoms with Crippen molar-refractivity contribution in [2.24, 2.45) is 5.73 Å². The van der Waals surface area contributed by atoms with E-state index in [2.05, 4.69) is 0 Å². The molecule has 0 bridgehead atoms. The number of hydrogen-bond acceptors (Lipinski definition) is 3. The van der Waals surface area contributed by atoms with Gasteiger partial charge < -0.3 is 15.4 Å². The summed E-state index contributed by atoms with van der Waals surface area (Å²) < 4.78 is 18.9. The summed E-state index contributed by atoms with van der Waals surface area (Å²) in [5.74, 6) is 0.417. The van der Waals surface area contributed by atoms with E-state index in [0.29, 0.717) is 31.6 Å². The minimum atomic E-state index is -0.296. The van der Waals surface area contributed by atoms with Crippen LogP contribution in [0, 0.1) is 5.82 Å². The third-order valence-corrected chi connectivity index (χ3v) is 2.86. The molecule has 0 heterocycles. The first-order valence-corrected chi connectivity index (χ1v) is 6.77. The Kier molecular flexibility index (Phi) is 6.45. The zero-order chi connectivity index (χ0) is 15.1. The number of hydrogen-bond donors (Lipinski definition) is 1. The molecule has 1 aromatic rings. The Morgan fingerprint density at radius 3 is 2.75 bits per heavy atom.